The van der Waals surface area contributed by atoms with E-state index in [1.54, 1.807) is 3.21 Å². The molecule has 1 aliphatic carbocycles. The van der Waals surface area contributed by atoms with Gasteiger partial charge in [-0.05, 0) is 17.4 Å². The predicted molar refractivity (Wildman–Crippen MR) is 194 cm³/mol. The van der Waals surface area contributed by atoms with E-state index < -0.39 is 0 Å². The fourth-order valence-electron chi connectivity index (χ4n) is 5.15. The van der Waals surface area contributed by atoms with Gasteiger partial charge in [-0.2, -0.15) is 47.5 Å². The molecular weight excluding hydrogens is 814 g/mol. The molecule has 0 atom stereocenters. The second kappa shape index (κ2) is 18.3. The molecule has 6 rings (SSSR count). The minimum absolute atomic E-state index is 0. The van der Waals surface area contributed by atoms with Gasteiger partial charge in [-0.15, -0.1) is 5.56 Å². The summed E-state index contributed by atoms with van der Waals surface area (Å²) in [7, 11) is 0. The van der Waals surface area contributed by atoms with Crippen LogP contribution in [0.3, 0.4) is 0 Å². The Hall–Kier alpha value is -1.48. The summed E-state index contributed by atoms with van der Waals surface area (Å²) >= 11 is 8.56. The average molecular weight is 857 g/mol. The summed E-state index contributed by atoms with van der Waals surface area (Å²) in [5.74, 6) is 0. The van der Waals surface area contributed by atoms with Crippen molar-refractivity contribution in [2.75, 3.05) is 0 Å². The number of hydrogen-bond acceptors (Lipinski definition) is 0. The molecule has 0 unspecified atom stereocenters. The van der Waals surface area contributed by atoms with Crippen LogP contribution in [0.1, 0.15) is 74.9 Å². The number of rotatable bonds is 4. The average Bonchev–Trinajstić information content (AvgIpc) is 3.64. The number of fused-ring (bicyclic) bond motifs is 3. The van der Waals surface area contributed by atoms with Gasteiger partial charge >= 0.3 is 141 Å². The standard InChI is InChI=1S/C21H25.C15H12Br2.C5H5.2ClH.Zr/c1-20(2,3)16-9-7-14-11-15-8-10-17(21(4,5)6)13-19(15)18(14)12-16;16-14-8-2-6-12(10-14)4-1-5-13-7-3-9-15(17)11-13;1-2-4-5-3-1;;;/h7,9-10,12-13H,11H2,1-6H3;2-3,6-11H,4-5H2;1-5H;2*1H;/q-1;;-1;;;+2/p-2. The van der Waals surface area contributed by atoms with Gasteiger partial charge in [0.25, 0.3) is 0 Å². The Labute approximate surface area is 321 Å². The maximum Gasteiger partial charge on any atom is -0.0132 e. The summed E-state index contributed by atoms with van der Waals surface area (Å²) in [4.78, 5) is 0. The SMILES string of the molecule is Brc1cccc(C[C](=[Zr+2])Cc2cccc(Br)c2)c1.CC(C)(C)c1c[c-]c2c(c1)-c1cc(C(C)(C)C)ccc1C2.[Cl-].[Cl-].c1cc[cH-]c1. The first kappa shape index (κ1) is 40.7. The van der Waals surface area contributed by atoms with Crippen molar-refractivity contribution in [2.24, 2.45) is 0 Å². The quantitative estimate of drug-likeness (QED) is 0.198. The molecule has 0 bridgehead atoms. The second-order valence-electron chi connectivity index (χ2n) is 13.5. The molecule has 0 amide bonds. The number of halogens is 4. The van der Waals surface area contributed by atoms with Crippen molar-refractivity contribution >= 4 is 35.1 Å². The molecule has 5 heteroatoms. The Morgan fingerprint density at radius 2 is 1.22 bits per heavy atom. The van der Waals surface area contributed by atoms with E-state index in [0.29, 0.717) is 0 Å². The maximum absolute atomic E-state index is 3.53. The van der Waals surface area contributed by atoms with Crippen molar-refractivity contribution in [2.45, 2.75) is 71.6 Å². The smallest absolute Gasteiger partial charge is 0.0132 e. The largest absolute Gasteiger partial charge is 1.00 e. The van der Waals surface area contributed by atoms with Crippen molar-refractivity contribution in [3.8, 4) is 11.1 Å². The third kappa shape index (κ3) is 12.2. The zero-order valence-corrected chi connectivity index (χ0v) is 34.7. The van der Waals surface area contributed by atoms with Crippen LogP contribution in [0.5, 0.6) is 0 Å². The molecule has 0 nitrogen and oxygen atoms in total. The van der Waals surface area contributed by atoms with Crippen molar-refractivity contribution in [3.63, 3.8) is 0 Å². The van der Waals surface area contributed by atoms with Crippen molar-refractivity contribution in [1.29, 1.82) is 0 Å². The number of benzene rings is 4. The van der Waals surface area contributed by atoms with E-state index in [4.69, 9.17) is 0 Å². The Morgan fingerprint density at radius 3 is 1.67 bits per heavy atom. The van der Waals surface area contributed by atoms with Crippen molar-refractivity contribution < 1.29 is 49.0 Å². The van der Waals surface area contributed by atoms with Gasteiger partial charge in [-0.3, -0.25) is 0 Å². The van der Waals surface area contributed by atoms with E-state index in [2.05, 4.69) is 158 Å². The zero-order valence-electron chi connectivity index (χ0n) is 27.5. The monoisotopic (exact) mass is 852 g/mol. The summed E-state index contributed by atoms with van der Waals surface area (Å²) < 4.78 is 3.88. The van der Waals surface area contributed by atoms with Crippen LogP contribution in [-0.4, -0.2) is 3.21 Å². The van der Waals surface area contributed by atoms with E-state index in [-0.39, 0.29) is 35.6 Å². The Morgan fingerprint density at radius 1 is 0.696 bits per heavy atom. The molecule has 0 aliphatic heterocycles. The van der Waals surface area contributed by atoms with Gasteiger partial charge in [0.05, 0.1) is 0 Å². The Kier molecular flexibility index (Phi) is 16.2. The molecule has 0 heterocycles. The normalized spacial score (nSPS) is 11.3. The summed E-state index contributed by atoms with van der Waals surface area (Å²) in [6.07, 6.45) is 3.17. The molecule has 5 aromatic carbocycles. The molecular formula is C41H42Br2Cl2Zr-2. The van der Waals surface area contributed by atoms with Crippen LogP contribution in [-0.2, 0) is 54.3 Å². The summed E-state index contributed by atoms with van der Waals surface area (Å²) in [5.41, 5.74) is 11.5. The van der Waals surface area contributed by atoms with Crippen LogP contribution in [0, 0.1) is 6.07 Å². The second-order valence-corrected chi connectivity index (χ2v) is 17.1. The van der Waals surface area contributed by atoms with E-state index in [0.717, 1.165) is 28.2 Å². The van der Waals surface area contributed by atoms with Gasteiger partial charge in [-0.1, -0.05) is 76.3 Å². The predicted octanol–water partition coefficient (Wildman–Crippen LogP) is 5.78. The third-order valence-electron chi connectivity index (χ3n) is 7.69. The van der Waals surface area contributed by atoms with Crippen LogP contribution < -0.4 is 24.8 Å². The molecule has 5 aromatic rings. The van der Waals surface area contributed by atoms with Crippen LogP contribution in [0.4, 0.5) is 0 Å². The molecule has 240 valence electrons. The van der Waals surface area contributed by atoms with E-state index in [1.807, 2.05) is 30.3 Å². The molecule has 0 saturated heterocycles. The first-order chi connectivity index (χ1) is 20.8. The van der Waals surface area contributed by atoms with Crippen LogP contribution in [0.25, 0.3) is 11.1 Å². The summed E-state index contributed by atoms with van der Waals surface area (Å²) in [6.45, 7) is 13.6. The van der Waals surface area contributed by atoms with Gasteiger partial charge in [0.1, 0.15) is 0 Å². The molecule has 0 fully saturated rings. The first-order valence-electron chi connectivity index (χ1n) is 15.2. The van der Waals surface area contributed by atoms with Crippen LogP contribution in [0.2, 0.25) is 0 Å². The molecule has 1 aliphatic rings. The van der Waals surface area contributed by atoms with Gasteiger partial charge in [0, 0.05) is 0 Å². The fraction of sp³-hybridized carbons (Fsp3) is 0.268. The van der Waals surface area contributed by atoms with E-state index in [9.17, 15) is 0 Å². The van der Waals surface area contributed by atoms with Gasteiger partial charge < -0.3 is 24.8 Å². The summed E-state index contributed by atoms with van der Waals surface area (Å²) in [6, 6.07) is 42.2. The van der Waals surface area contributed by atoms with Crippen LogP contribution in [0.15, 0.2) is 118 Å². The maximum atomic E-state index is 3.53. The van der Waals surface area contributed by atoms with Gasteiger partial charge in [0.15, 0.2) is 0 Å². The molecule has 0 saturated carbocycles. The third-order valence-corrected chi connectivity index (χ3v) is 9.55. The topological polar surface area (TPSA) is 0 Å². The summed E-state index contributed by atoms with van der Waals surface area (Å²) in [5, 5.41) is 0. The van der Waals surface area contributed by atoms with Crippen molar-refractivity contribution in [3.05, 3.63) is 158 Å². The number of hydrogen-bond donors (Lipinski definition) is 0. The Bertz CT molecular complexity index is 1560. The minimum Gasteiger partial charge on any atom is -1.00 e. The molecule has 0 aromatic heterocycles. The van der Waals surface area contributed by atoms with Gasteiger partial charge in [0.2, 0.25) is 0 Å². The van der Waals surface area contributed by atoms with Crippen LogP contribution >= 0.6 is 31.9 Å². The van der Waals surface area contributed by atoms with Crippen molar-refractivity contribution in [1.82, 2.24) is 0 Å². The van der Waals surface area contributed by atoms with E-state index in [1.165, 1.54) is 68.7 Å². The minimum atomic E-state index is 0. The molecule has 0 spiro atoms. The van der Waals surface area contributed by atoms with E-state index >= 15 is 0 Å². The zero-order chi connectivity index (χ0) is 31.9. The molecule has 0 radical (unpaired) electrons. The van der Waals surface area contributed by atoms with Gasteiger partial charge in [-0.25, -0.2) is 12.1 Å². The first-order valence-corrected chi connectivity index (χ1v) is 18.0. The fourth-order valence-corrected chi connectivity index (χ4v) is 7.05. The Balaban J connectivity index is 0.000000270. The molecule has 0 N–H and O–H groups in total. The molecule has 46 heavy (non-hydrogen) atoms.